The van der Waals surface area contributed by atoms with Gasteiger partial charge in [0, 0.05) is 23.5 Å². The van der Waals surface area contributed by atoms with E-state index < -0.39 is 0 Å². The van der Waals surface area contributed by atoms with Gasteiger partial charge in [-0.3, -0.25) is 9.48 Å². The minimum atomic E-state index is -0.204. The normalized spacial score (nSPS) is 18.9. The number of hydrogen-bond acceptors (Lipinski definition) is 6. The topological polar surface area (TPSA) is 113 Å². The molecule has 1 unspecified atom stereocenters. The number of aromatic amines is 1. The Labute approximate surface area is 172 Å². The van der Waals surface area contributed by atoms with E-state index in [0.29, 0.717) is 11.2 Å². The molecular formula is C22H20N6O2. The van der Waals surface area contributed by atoms with Crippen molar-refractivity contribution in [1.82, 2.24) is 19.9 Å². The van der Waals surface area contributed by atoms with E-state index in [4.69, 9.17) is 9.62 Å². The lowest BCUT2D eigenvalue weighted by molar-refractivity contribution is 0.277. The molecule has 0 bridgehead atoms. The van der Waals surface area contributed by atoms with Crippen molar-refractivity contribution in [1.29, 1.82) is 5.26 Å². The fourth-order valence-corrected chi connectivity index (χ4v) is 4.22. The fraction of sp³-hybridized carbons (Fsp3) is 0.273. The van der Waals surface area contributed by atoms with Gasteiger partial charge in [0.1, 0.15) is 17.3 Å². The molecule has 1 fully saturated rings. The van der Waals surface area contributed by atoms with Crippen LogP contribution in [-0.4, -0.2) is 19.9 Å². The Bertz CT molecular complexity index is 1260. The number of benzene rings is 1. The third-order valence-electron chi connectivity index (χ3n) is 5.72. The van der Waals surface area contributed by atoms with Crippen LogP contribution in [0.25, 0.3) is 22.2 Å². The van der Waals surface area contributed by atoms with Gasteiger partial charge in [-0.15, -0.1) is 0 Å². The molecule has 4 aromatic rings. The molecule has 0 amide bonds. The summed E-state index contributed by atoms with van der Waals surface area (Å²) in [5, 5.41) is 22.1. The monoisotopic (exact) mass is 400 g/mol. The number of pyridine rings is 1. The summed E-state index contributed by atoms with van der Waals surface area (Å²) in [4.78, 5) is 15.4. The maximum absolute atomic E-state index is 12.6. The second-order valence-corrected chi connectivity index (χ2v) is 7.53. The lowest BCUT2D eigenvalue weighted by Crippen LogP contribution is -2.23. The molecule has 2 atom stereocenters. The predicted molar refractivity (Wildman–Crippen MR) is 112 cm³/mol. The van der Waals surface area contributed by atoms with Gasteiger partial charge in [0.25, 0.3) is 5.56 Å². The Hall–Kier alpha value is -3.86. The van der Waals surface area contributed by atoms with E-state index in [1.165, 1.54) is 6.26 Å². The van der Waals surface area contributed by atoms with Crippen LogP contribution >= 0.6 is 0 Å². The average molecular weight is 400 g/mol. The van der Waals surface area contributed by atoms with Gasteiger partial charge in [-0.25, -0.2) is 0 Å². The quantitative estimate of drug-likeness (QED) is 0.526. The van der Waals surface area contributed by atoms with Crippen molar-refractivity contribution in [3.05, 3.63) is 59.2 Å². The average Bonchev–Trinajstić information content (AvgIpc) is 3.44. The Morgan fingerprint density at radius 3 is 2.77 bits per heavy atom. The van der Waals surface area contributed by atoms with Crippen LogP contribution in [0.2, 0.25) is 0 Å². The second kappa shape index (κ2) is 7.52. The first-order valence-electron chi connectivity index (χ1n) is 10.0. The first-order chi connectivity index (χ1) is 14.7. The van der Waals surface area contributed by atoms with Crippen molar-refractivity contribution in [2.75, 3.05) is 5.32 Å². The summed E-state index contributed by atoms with van der Waals surface area (Å²) in [6, 6.07) is 13.7. The van der Waals surface area contributed by atoms with Crippen LogP contribution < -0.4 is 10.9 Å². The molecular weight excluding hydrogens is 380 g/mol. The number of aromatic nitrogens is 4. The van der Waals surface area contributed by atoms with Crippen molar-refractivity contribution in [3.63, 3.8) is 0 Å². The number of H-pyrrole nitrogens is 1. The predicted octanol–water partition coefficient (Wildman–Crippen LogP) is 4.38. The van der Waals surface area contributed by atoms with Gasteiger partial charge in [-0.2, -0.15) is 10.4 Å². The summed E-state index contributed by atoms with van der Waals surface area (Å²) in [6.07, 6.45) is 7.01. The summed E-state index contributed by atoms with van der Waals surface area (Å²) < 4.78 is 6.76. The molecule has 8 heteroatoms. The van der Waals surface area contributed by atoms with Crippen LogP contribution in [0.3, 0.4) is 0 Å². The molecule has 0 aliphatic heterocycles. The lowest BCUT2D eigenvalue weighted by Gasteiger charge is -2.27. The highest BCUT2D eigenvalue weighted by Crippen LogP contribution is 2.36. The van der Waals surface area contributed by atoms with E-state index in [-0.39, 0.29) is 17.5 Å². The zero-order valence-corrected chi connectivity index (χ0v) is 16.2. The van der Waals surface area contributed by atoms with Crippen LogP contribution in [0.1, 0.15) is 31.7 Å². The van der Waals surface area contributed by atoms with Gasteiger partial charge in [0.05, 0.1) is 23.5 Å². The highest BCUT2D eigenvalue weighted by atomic mass is 16.5. The molecule has 3 aromatic heterocycles. The van der Waals surface area contributed by atoms with E-state index >= 15 is 0 Å². The standard InChI is InChI=1S/C22H20N6O2/c23-13-15-3-1-2-4-18(15)28-19-9-11-24-22(29)20(19)21(26-28)25-16-7-5-14(6-8-16)17-10-12-30-27-17/h5-12,15,18H,1-4H2,(H,24,29)(H,25,26)/t15?,18-/m0/s1. The molecule has 0 spiro atoms. The van der Waals surface area contributed by atoms with E-state index in [1.807, 2.05) is 35.0 Å². The minimum absolute atomic E-state index is 0.0295. The Morgan fingerprint density at radius 2 is 2.00 bits per heavy atom. The van der Waals surface area contributed by atoms with Gasteiger partial charge in [0.15, 0.2) is 5.82 Å². The molecule has 1 aliphatic carbocycles. The van der Waals surface area contributed by atoms with Crippen LogP contribution in [0.15, 0.2) is 58.2 Å². The smallest absolute Gasteiger partial charge is 0.261 e. The molecule has 1 saturated carbocycles. The molecule has 30 heavy (non-hydrogen) atoms. The van der Waals surface area contributed by atoms with E-state index in [1.54, 1.807) is 12.3 Å². The van der Waals surface area contributed by atoms with Crippen molar-refractivity contribution >= 4 is 22.4 Å². The number of nitrogens with zero attached hydrogens (tertiary/aromatic N) is 4. The third kappa shape index (κ3) is 3.14. The molecule has 1 aliphatic rings. The SMILES string of the molecule is N#CC1CCCC[C@@H]1n1nc(Nc2ccc(-c3ccon3)cc2)c2c(=O)[nH]ccc21. The molecule has 150 valence electrons. The molecule has 8 nitrogen and oxygen atoms in total. The number of hydrogen-bond donors (Lipinski definition) is 2. The van der Waals surface area contributed by atoms with Crippen molar-refractivity contribution in [2.45, 2.75) is 31.7 Å². The van der Waals surface area contributed by atoms with Crippen molar-refractivity contribution in [2.24, 2.45) is 5.92 Å². The van der Waals surface area contributed by atoms with Gasteiger partial charge in [0.2, 0.25) is 0 Å². The largest absolute Gasteiger partial charge is 0.364 e. The van der Waals surface area contributed by atoms with Gasteiger partial charge >= 0.3 is 0 Å². The third-order valence-corrected chi connectivity index (χ3v) is 5.72. The van der Waals surface area contributed by atoms with Gasteiger partial charge in [-0.05, 0) is 31.0 Å². The molecule has 2 N–H and O–H groups in total. The van der Waals surface area contributed by atoms with Crippen molar-refractivity contribution in [3.8, 4) is 17.3 Å². The lowest BCUT2D eigenvalue weighted by atomic mass is 9.85. The fourth-order valence-electron chi connectivity index (χ4n) is 4.22. The summed E-state index contributed by atoms with van der Waals surface area (Å²) in [5.74, 6) is 0.388. The summed E-state index contributed by atoms with van der Waals surface area (Å²) in [5.41, 5.74) is 3.03. The van der Waals surface area contributed by atoms with Gasteiger partial charge < -0.3 is 14.8 Å². The molecule has 0 radical (unpaired) electrons. The number of anilines is 2. The zero-order valence-electron chi connectivity index (χ0n) is 16.2. The van der Waals surface area contributed by atoms with Crippen LogP contribution in [0.4, 0.5) is 11.5 Å². The van der Waals surface area contributed by atoms with Crippen LogP contribution in [0.5, 0.6) is 0 Å². The summed E-state index contributed by atoms with van der Waals surface area (Å²) in [7, 11) is 0. The maximum atomic E-state index is 12.6. The zero-order chi connectivity index (χ0) is 20.5. The highest BCUT2D eigenvalue weighted by molar-refractivity contribution is 5.91. The summed E-state index contributed by atoms with van der Waals surface area (Å²) >= 11 is 0. The van der Waals surface area contributed by atoms with E-state index in [2.05, 4.69) is 21.5 Å². The van der Waals surface area contributed by atoms with E-state index in [9.17, 15) is 10.1 Å². The Kier molecular flexibility index (Phi) is 4.56. The Balaban J connectivity index is 1.53. The number of nitriles is 1. The highest BCUT2D eigenvalue weighted by Gasteiger charge is 2.29. The first kappa shape index (κ1) is 18.2. The number of nitrogens with one attached hydrogen (secondary N) is 2. The van der Waals surface area contributed by atoms with E-state index in [0.717, 1.165) is 48.1 Å². The van der Waals surface area contributed by atoms with Crippen LogP contribution in [0, 0.1) is 17.2 Å². The molecule has 5 rings (SSSR count). The summed E-state index contributed by atoms with van der Waals surface area (Å²) in [6.45, 7) is 0. The van der Waals surface area contributed by atoms with Crippen molar-refractivity contribution < 1.29 is 4.52 Å². The first-order valence-corrected chi connectivity index (χ1v) is 10.0. The molecule has 3 heterocycles. The minimum Gasteiger partial charge on any atom is -0.364 e. The Morgan fingerprint density at radius 1 is 1.17 bits per heavy atom. The second-order valence-electron chi connectivity index (χ2n) is 7.53. The molecule has 1 aromatic carbocycles. The van der Waals surface area contributed by atoms with Gasteiger partial charge in [-0.1, -0.05) is 30.1 Å². The number of fused-ring (bicyclic) bond motifs is 1. The maximum Gasteiger partial charge on any atom is 0.261 e. The van der Waals surface area contributed by atoms with Crippen LogP contribution in [-0.2, 0) is 0 Å². The molecule has 0 saturated heterocycles. The number of rotatable bonds is 4.